The Balaban J connectivity index is 0.868. The van der Waals surface area contributed by atoms with E-state index in [-0.39, 0.29) is 40.8 Å². The number of sulfonamides is 1. The average Bonchev–Trinajstić information content (AvgIpc) is 3.81. The van der Waals surface area contributed by atoms with Crippen molar-refractivity contribution in [3.63, 3.8) is 0 Å². The number of nitro benzene ring substituents is 1. The minimum atomic E-state index is -4.62. The summed E-state index contributed by atoms with van der Waals surface area (Å²) in [7, 11) is -4.62. The Hall–Kier alpha value is -5.79. The van der Waals surface area contributed by atoms with Crippen molar-refractivity contribution in [2.75, 3.05) is 67.7 Å². The van der Waals surface area contributed by atoms with E-state index in [0.29, 0.717) is 74.6 Å². The number of rotatable bonds is 11. The third-order valence-electron chi connectivity index (χ3n) is 16.3. The van der Waals surface area contributed by atoms with Gasteiger partial charge in [-0.15, -0.1) is 0 Å². The molecule has 4 aliphatic heterocycles. The van der Waals surface area contributed by atoms with Gasteiger partial charge in [-0.25, -0.2) is 13.1 Å². The lowest BCUT2D eigenvalue weighted by atomic mass is 9.59. The van der Waals surface area contributed by atoms with Crippen molar-refractivity contribution in [2.45, 2.75) is 106 Å². The van der Waals surface area contributed by atoms with Crippen LogP contribution in [0.3, 0.4) is 0 Å². The number of carbonyl (C=O) groups excluding carboxylic acids is 1. The maximum atomic E-state index is 14.7. The van der Waals surface area contributed by atoms with Crippen LogP contribution in [-0.2, 0) is 19.5 Å². The summed E-state index contributed by atoms with van der Waals surface area (Å²) in [5.74, 6) is -0.298. The van der Waals surface area contributed by atoms with E-state index in [1.165, 1.54) is 23.3 Å². The fourth-order valence-corrected chi connectivity index (χ4v) is 13.1. The predicted octanol–water partition coefficient (Wildman–Crippen LogP) is 7.76. The Morgan fingerprint density at radius 2 is 1.73 bits per heavy atom. The first-order valence-corrected chi connectivity index (χ1v) is 26.3. The van der Waals surface area contributed by atoms with Crippen LogP contribution < -0.4 is 24.6 Å². The van der Waals surface area contributed by atoms with Crippen LogP contribution in [0.4, 0.5) is 28.4 Å². The molecule has 3 aromatic carbocycles. The maximum absolute atomic E-state index is 14.7. The molecule has 6 aliphatic rings. The number of hydrogen-bond acceptors (Lipinski definition) is 14. The topological polar surface area (TPSA) is 205 Å². The Morgan fingerprint density at radius 1 is 0.943 bits per heavy atom. The van der Waals surface area contributed by atoms with Gasteiger partial charge in [0.1, 0.15) is 23.1 Å². The number of benzene rings is 3. The largest absolute Gasteiger partial charge is 0.470 e. The van der Waals surface area contributed by atoms with Crippen molar-refractivity contribution in [3.05, 3.63) is 106 Å². The first-order valence-electron chi connectivity index (χ1n) is 24.8. The van der Waals surface area contributed by atoms with Crippen LogP contribution >= 0.6 is 0 Å². The molecule has 6 heterocycles. The molecular weight excluding hydrogens is 913 g/mol. The van der Waals surface area contributed by atoms with Crippen LogP contribution in [0, 0.1) is 28.4 Å². The van der Waals surface area contributed by atoms with Crippen LogP contribution in [0.5, 0.6) is 5.88 Å². The summed E-state index contributed by atoms with van der Waals surface area (Å²) in [6, 6.07) is 22.1. The number of ether oxygens (including phenoxy) is 3. The number of nitrogens with zero attached hydrogens (tertiary/aromatic N) is 5. The molecule has 3 saturated heterocycles. The second kappa shape index (κ2) is 18.4. The number of morpholine rings is 1. The number of aryl methyl sites for hydroxylation is 1. The van der Waals surface area contributed by atoms with Crippen molar-refractivity contribution < 1.29 is 37.5 Å². The number of aliphatic hydroxyl groups is 1. The number of H-pyrrole nitrogens is 1. The number of nitrogens with one attached hydrogen (secondary N) is 3. The Bertz CT molecular complexity index is 2900. The van der Waals surface area contributed by atoms with Gasteiger partial charge in [-0.3, -0.25) is 19.8 Å². The van der Waals surface area contributed by atoms with E-state index < -0.39 is 37.0 Å². The van der Waals surface area contributed by atoms with Gasteiger partial charge >= 0.3 is 0 Å². The zero-order valence-corrected chi connectivity index (χ0v) is 40.6. The summed E-state index contributed by atoms with van der Waals surface area (Å²) in [5, 5.41) is 26.7. The maximum Gasteiger partial charge on any atom is 0.293 e. The van der Waals surface area contributed by atoms with Gasteiger partial charge in [0.2, 0.25) is 5.88 Å². The van der Waals surface area contributed by atoms with Crippen LogP contribution in [0.15, 0.2) is 83.9 Å². The number of hydrogen-bond donors (Lipinski definition) is 4. The van der Waals surface area contributed by atoms with Gasteiger partial charge in [0.05, 0.1) is 65.2 Å². The third-order valence-corrected chi connectivity index (χ3v) is 17.6. The van der Waals surface area contributed by atoms with E-state index in [9.17, 15) is 28.4 Å². The molecule has 5 fully saturated rings. The molecule has 4 N–H and O–H groups in total. The first-order chi connectivity index (χ1) is 33.7. The second-order valence-electron chi connectivity index (χ2n) is 20.8. The zero-order valence-electron chi connectivity index (χ0n) is 39.8. The fraction of sp³-hybridized carbons (Fsp3) is 0.500. The monoisotopic (exact) mass is 974 g/mol. The molecule has 2 saturated carbocycles. The molecule has 0 unspecified atom stereocenters. The summed E-state index contributed by atoms with van der Waals surface area (Å²) in [6.45, 7) is 9.24. The zero-order chi connectivity index (χ0) is 48.4. The van der Waals surface area contributed by atoms with E-state index in [1.807, 2.05) is 36.1 Å². The lowest BCUT2D eigenvalue weighted by molar-refractivity contribution is -0.384. The molecule has 11 rings (SSSR count). The van der Waals surface area contributed by atoms with E-state index in [4.69, 9.17) is 19.2 Å². The molecule has 1 amide bonds. The average molecular weight is 975 g/mol. The summed E-state index contributed by atoms with van der Waals surface area (Å²) >= 11 is 0. The molecule has 5 aromatic rings. The summed E-state index contributed by atoms with van der Waals surface area (Å²) in [5.41, 5.74) is 4.68. The molecule has 1 spiro atoms. The molecule has 370 valence electrons. The van der Waals surface area contributed by atoms with Crippen molar-refractivity contribution in [2.24, 2.45) is 11.3 Å². The Kier molecular flexibility index (Phi) is 12.3. The summed E-state index contributed by atoms with van der Waals surface area (Å²) in [4.78, 5) is 41.1. The quantitative estimate of drug-likeness (QED) is 0.0738. The summed E-state index contributed by atoms with van der Waals surface area (Å²) < 4.78 is 49.2. The van der Waals surface area contributed by atoms with Crippen molar-refractivity contribution in [3.8, 4) is 5.88 Å². The highest BCUT2D eigenvalue weighted by molar-refractivity contribution is 7.90. The van der Waals surface area contributed by atoms with Gasteiger partial charge in [0.25, 0.3) is 21.6 Å². The number of carbonyl (C=O) groups is 1. The number of pyridine rings is 1. The normalized spacial score (nSPS) is 25.9. The Labute approximate surface area is 408 Å². The van der Waals surface area contributed by atoms with Crippen molar-refractivity contribution in [1.82, 2.24) is 19.6 Å². The van der Waals surface area contributed by atoms with Gasteiger partial charge in [-0.2, -0.15) is 4.98 Å². The molecular formula is C52H62N8O9S. The molecule has 3 atom stereocenters. The fourth-order valence-electron chi connectivity index (χ4n) is 12.1. The highest BCUT2D eigenvalue weighted by Gasteiger charge is 2.50. The smallest absolute Gasteiger partial charge is 0.293 e. The number of nitro groups is 1. The standard InChI is InChI=1S/C52H62N8O9S/c1-33-5-3-4-6-39(33)45-31-68-24-22-58(45)37-28-52(29-37)17-20-57(21-18-52)36-7-9-40(42(26-36)59-44-25-35-13-19-53-48(35)55-50(44)69-47-14-23-67-32-46(47)59)49(61)56-70(65,66)38-8-10-41(43(27-38)60(63)64)54-30-34-11-15-51(2,62)16-12-34/h3-10,13,19,25-27,34,37,45-47,54,62H,11-12,14-18,20-24,28-32H2,1-2H3,(H,53,55)(H,56,61)/t34?,45-,46-,47-,51?/m1/s1. The lowest BCUT2D eigenvalue weighted by Crippen LogP contribution is -2.58. The molecule has 0 bridgehead atoms. The van der Waals surface area contributed by atoms with E-state index in [2.05, 4.69) is 56.0 Å². The van der Waals surface area contributed by atoms with Crippen LogP contribution in [-0.4, -0.2) is 116 Å². The van der Waals surface area contributed by atoms with Gasteiger partial charge in [-0.05, 0) is 130 Å². The number of piperidine rings is 1. The number of aromatic amines is 1. The van der Waals surface area contributed by atoms with Gasteiger partial charge in [-0.1, -0.05) is 24.3 Å². The van der Waals surface area contributed by atoms with Gasteiger partial charge < -0.3 is 39.4 Å². The first kappa shape index (κ1) is 46.6. The molecule has 17 nitrogen and oxygen atoms in total. The van der Waals surface area contributed by atoms with E-state index in [0.717, 1.165) is 81.9 Å². The third kappa shape index (κ3) is 8.97. The van der Waals surface area contributed by atoms with Crippen molar-refractivity contribution >= 4 is 55.4 Å². The van der Waals surface area contributed by atoms with Crippen LogP contribution in [0.2, 0.25) is 0 Å². The second-order valence-corrected chi connectivity index (χ2v) is 22.5. The van der Waals surface area contributed by atoms with E-state index >= 15 is 0 Å². The number of amides is 1. The highest BCUT2D eigenvalue weighted by Crippen LogP contribution is 2.54. The SMILES string of the molecule is Cc1ccccc1[C@H]1COCCN1C1CC2(CCN(c3ccc(C(=O)NS(=O)(=O)c4ccc(NCC5CCC(C)(O)CC5)c([N+](=O)[O-])c4)c(N4c5cc6cc[nH]c6nc5O[C@@H]5CCOC[C@H]54)c3)CC2)C1. The highest BCUT2D eigenvalue weighted by atomic mass is 32.2. The molecule has 2 aliphatic carbocycles. The summed E-state index contributed by atoms with van der Waals surface area (Å²) in [6.07, 6.45) is 9.19. The van der Waals surface area contributed by atoms with Crippen LogP contribution in [0.25, 0.3) is 11.0 Å². The lowest BCUT2D eigenvalue weighted by Gasteiger charge is -2.57. The predicted molar refractivity (Wildman–Crippen MR) is 265 cm³/mol. The Morgan fingerprint density at radius 3 is 2.51 bits per heavy atom. The number of anilines is 4. The van der Waals surface area contributed by atoms with Crippen molar-refractivity contribution in [1.29, 1.82) is 0 Å². The number of aromatic nitrogens is 2. The molecule has 70 heavy (non-hydrogen) atoms. The van der Waals surface area contributed by atoms with Gasteiger partial charge in [0, 0.05) is 62.0 Å². The molecule has 18 heteroatoms. The minimum absolute atomic E-state index is 0.0990. The molecule has 0 radical (unpaired) electrons. The van der Waals surface area contributed by atoms with E-state index in [1.54, 1.807) is 12.3 Å². The van der Waals surface area contributed by atoms with Crippen LogP contribution in [0.1, 0.15) is 92.2 Å². The number of fused-ring (bicyclic) bond motifs is 3. The van der Waals surface area contributed by atoms with Gasteiger partial charge in [0.15, 0.2) is 0 Å². The molecule has 2 aromatic heterocycles. The minimum Gasteiger partial charge on any atom is -0.470 e.